The highest BCUT2D eigenvalue weighted by atomic mass is 16.4. The zero-order valence-corrected chi connectivity index (χ0v) is 11.3. The summed E-state index contributed by atoms with van der Waals surface area (Å²) in [4.78, 5) is 25.6. The van der Waals surface area contributed by atoms with E-state index >= 15 is 0 Å². The third kappa shape index (κ3) is 2.06. The molecule has 0 bridgehead atoms. The fraction of sp³-hybridized carbons (Fsp3) is 0.154. The highest BCUT2D eigenvalue weighted by molar-refractivity contribution is 6.02. The van der Waals surface area contributed by atoms with E-state index in [1.54, 1.807) is 26.0 Å². The molecule has 0 amide bonds. The fourth-order valence-corrected chi connectivity index (χ4v) is 2.16. The Hall–Kier alpha value is -3.03. The molecule has 0 radical (unpaired) electrons. The van der Waals surface area contributed by atoms with Crippen LogP contribution in [0.15, 0.2) is 23.0 Å². The van der Waals surface area contributed by atoms with E-state index < -0.39 is 11.5 Å². The average molecular weight is 285 g/mol. The molecule has 8 nitrogen and oxygen atoms in total. The minimum absolute atomic E-state index is 0.0856. The van der Waals surface area contributed by atoms with Crippen LogP contribution in [-0.2, 0) is 0 Å². The molecule has 0 atom stereocenters. The van der Waals surface area contributed by atoms with Gasteiger partial charge >= 0.3 is 5.97 Å². The minimum Gasteiger partial charge on any atom is -0.478 e. The van der Waals surface area contributed by atoms with Gasteiger partial charge in [-0.2, -0.15) is 14.9 Å². The summed E-state index contributed by atoms with van der Waals surface area (Å²) in [6, 6.07) is 4.49. The van der Waals surface area contributed by atoms with Gasteiger partial charge < -0.3 is 10.1 Å². The normalized spacial score (nSPS) is 11.0. The molecule has 106 valence electrons. The van der Waals surface area contributed by atoms with E-state index in [1.807, 2.05) is 0 Å². The van der Waals surface area contributed by atoms with E-state index in [4.69, 9.17) is 0 Å². The number of aromatic amines is 1. The van der Waals surface area contributed by atoms with Crippen molar-refractivity contribution in [1.82, 2.24) is 25.0 Å². The van der Waals surface area contributed by atoms with Crippen molar-refractivity contribution in [3.05, 3.63) is 45.5 Å². The molecule has 0 spiro atoms. The van der Waals surface area contributed by atoms with Gasteiger partial charge in [-0.25, -0.2) is 4.79 Å². The quantitative estimate of drug-likeness (QED) is 0.720. The number of aryl methyl sites for hydroxylation is 2. The molecule has 8 heteroatoms. The molecule has 0 saturated carbocycles. The molecule has 0 fully saturated rings. The van der Waals surface area contributed by atoms with Crippen LogP contribution in [0.1, 0.15) is 21.7 Å². The molecule has 3 rings (SSSR count). The van der Waals surface area contributed by atoms with Crippen molar-refractivity contribution >= 4 is 17.0 Å². The Morgan fingerprint density at radius 1 is 1.29 bits per heavy atom. The van der Waals surface area contributed by atoms with Gasteiger partial charge in [-0.3, -0.25) is 4.79 Å². The van der Waals surface area contributed by atoms with E-state index in [2.05, 4.69) is 20.3 Å². The second-order valence-corrected chi connectivity index (χ2v) is 4.61. The molecule has 2 N–H and O–H groups in total. The van der Waals surface area contributed by atoms with Gasteiger partial charge in [-0.05, 0) is 26.0 Å². The first-order valence-corrected chi connectivity index (χ1v) is 6.14. The van der Waals surface area contributed by atoms with Crippen molar-refractivity contribution in [3.63, 3.8) is 0 Å². The highest BCUT2D eigenvalue weighted by Crippen LogP contribution is 2.21. The molecule has 3 aromatic rings. The molecular weight excluding hydrogens is 274 g/mol. The van der Waals surface area contributed by atoms with Crippen LogP contribution in [0.2, 0.25) is 0 Å². The van der Waals surface area contributed by atoms with Gasteiger partial charge in [0.25, 0.3) is 0 Å². The summed E-state index contributed by atoms with van der Waals surface area (Å²) in [6.45, 7) is 3.47. The van der Waals surface area contributed by atoms with E-state index in [0.29, 0.717) is 16.9 Å². The Kier molecular flexibility index (Phi) is 2.79. The van der Waals surface area contributed by atoms with Crippen molar-refractivity contribution in [2.75, 3.05) is 0 Å². The van der Waals surface area contributed by atoms with E-state index in [1.165, 1.54) is 4.68 Å². The van der Waals surface area contributed by atoms with Gasteiger partial charge in [0, 0.05) is 6.07 Å². The number of nitrogens with zero attached hydrogens (tertiary/aromatic N) is 4. The number of pyridine rings is 1. The maximum Gasteiger partial charge on any atom is 0.336 e. The standard InChI is InChI=1S/C13H11N5O3/c1-6-3-4-9(16-15-6)18-12-11(7(2)17-18)8(13(20)21)5-10(19)14-12/h3-5H,1-2H3,(H,14,19)(H,20,21). The van der Waals surface area contributed by atoms with Gasteiger partial charge in [0.15, 0.2) is 5.82 Å². The fourth-order valence-electron chi connectivity index (χ4n) is 2.16. The number of aromatic nitrogens is 5. The number of carboxylic acids is 1. The zero-order chi connectivity index (χ0) is 15.1. The van der Waals surface area contributed by atoms with Gasteiger partial charge in [-0.15, -0.1) is 5.10 Å². The molecule has 21 heavy (non-hydrogen) atoms. The molecular formula is C13H11N5O3. The summed E-state index contributed by atoms with van der Waals surface area (Å²) >= 11 is 0. The van der Waals surface area contributed by atoms with Crippen LogP contribution in [0.25, 0.3) is 16.9 Å². The first-order valence-electron chi connectivity index (χ1n) is 6.14. The molecule has 0 aliphatic heterocycles. The molecule has 0 aromatic carbocycles. The Bertz CT molecular complexity index is 908. The number of H-pyrrole nitrogens is 1. The van der Waals surface area contributed by atoms with Crippen LogP contribution in [-0.4, -0.2) is 36.0 Å². The summed E-state index contributed by atoms with van der Waals surface area (Å²) in [7, 11) is 0. The Morgan fingerprint density at radius 2 is 2.05 bits per heavy atom. The highest BCUT2D eigenvalue weighted by Gasteiger charge is 2.18. The molecule has 0 saturated heterocycles. The lowest BCUT2D eigenvalue weighted by Gasteiger charge is -2.02. The van der Waals surface area contributed by atoms with E-state index in [9.17, 15) is 14.7 Å². The summed E-state index contributed by atoms with van der Waals surface area (Å²) in [5.41, 5.74) is 0.918. The monoisotopic (exact) mass is 285 g/mol. The van der Waals surface area contributed by atoms with Crippen LogP contribution in [0.3, 0.4) is 0 Å². The van der Waals surface area contributed by atoms with Crippen LogP contribution in [0, 0.1) is 13.8 Å². The number of rotatable bonds is 2. The van der Waals surface area contributed by atoms with Crippen molar-refractivity contribution in [2.24, 2.45) is 0 Å². The number of hydrogen-bond acceptors (Lipinski definition) is 5. The molecule has 3 aromatic heterocycles. The predicted octanol–water partition coefficient (Wildman–Crippen LogP) is 0.819. The summed E-state index contributed by atoms with van der Waals surface area (Å²) in [5.74, 6) is -0.777. The van der Waals surface area contributed by atoms with Gasteiger partial charge in [0.2, 0.25) is 5.56 Å². The molecule has 0 aliphatic rings. The molecule has 0 unspecified atom stereocenters. The Balaban J connectivity index is 2.38. The van der Waals surface area contributed by atoms with Crippen molar-refractivity contribution in [1.29, 1.82) is 0 Å². The van der Waals surface area contributed by atoms with Gasteiger partial charge in [0.1, 0.15) is 5.65 Å². The van der Waals surface area contributed by atoms with Crippen molar-refractivity contribution < 1.29 is 9.90 Å². The number of aromatic carboxylic acids is 1. The van der Waals surface area contributed by atoms with Crippen molar-refractivity contribution in [2.45, 2.75) is 13.8 Å². The topological polar surface area (TPSA) is 114 Å². The third-order valence-corrected chi connectivity index (χ3v) is 3.08. The lowest BCUT2D eigenvalue weighted by Crippen LogP contribution is -2.12. The van der Waals surface area contributed by atoms with Crippen LogP contribution in [0.5, 0.6) is 0 Å². The molecule has 3 heterocycles. The second kappa shape index (κ2) is 4.51. The third-order valence-electron chi connectivity index (χ3n) is 3.08. The summed E-state index contributed by atoms with van der Waals surface area (Å²) in [6.07, 6.45) is 0. The summed E-state index contributed by atoms with van der Waals surface area (Å²) in [5, 5.41) is 21.8. The number of carboxylic acid groups (broad SMARTS) is 1. The first kappa shape index (κ1) is 13.0. The SMILES string of the molecule is Cc1ccc(-n2nc(C)c3c(C(=O)O)cc(=O)[nH]c32)nn1. The number of nitrogens with one attached hydrogen (secondary N) is 1. The van der Waals surface area contributed by atoms with Crippen molar-refractivity contribution in [3.8, 4) is 5.82 Å². The number of carbonyl (C=O) groups is 1. The molecule has 0 aliphatic carbocycles. The maximum absolute atomic E-state index is 11.7. The van der Waals surface area contributed by atoms with Crippen LogP contribution in [0.4, 0.5) is 0 Å². The number of fused-ring (bicyclic) bond motifs is 1. The zero-order valence-electron chi connectivity index (χ0n) is 11.3. The lowest BCUT2D eigenvalue weighted by molar-refractivity contribution is 0.0698. The largest absolute Gasteiger partial charge is 0.478 e. The first-order chi connectivity index (χ1) is 9.97. The summed E-state index contributed by atoms with van der Waals surface area (Å²) < 4.78 is 1.38. The Morgan fingerprint density at radius 3 is 2.67 bits per heavy atom. The van der Waals surface area contributed by atoms with E-state index in [-0.39, 0.29) is 11.2 Å². The Labute approximate surface area is 118 Å². The van der Waals surface area contributed by atoms with Crippen LogP contribution >= 0.6 is 0 Å². The number of hydrogen-bond donors (Lipinski definition) is 2. The maximum atomic E-state index is 11.7. The predicted molar refractivity (Wildman–Crippen MR) is 73.7 cm³/mol. The average Bonchev–Trinajstić information content (AvgIpc) is 2.76. The van der Waals surface area contributed by atoms with Gasteiger partial charge in [-0.1, -0.05) is 0 Å². The van der Waals surface area contributed by atoms with Gasteiger partial charge in [0.05, 0.1) is 22.3 Å². The minimum atomic E-state index is -1.18. The van der Waals surface area contributed by atoms with Crippen LogP contribution < -0.4 is 5.56 Å². The smallest absolute Gasteiger partial charge is 0.336 e. The van der Waals surface area contributed by atoms with E-state index in [0.717, 1.165) is 11.8 Å². The lowest BCUT2D eigenvalue weighted by atomic mass is 10.1. The second-order valence-electron chi connectivity index (χ2n) is 4.61.